The molecule has 1 aromatic heterocycles. The Balaban J connectivity index is 1.27. The molecular formula is C22H30N4O5S. The fourth-order valence-corrected chi connectivity index (χ4v) is 6.42. The lowest BCUT2D eigenvalue weighted by Crippen LogP contribution is -2.52. The van der Waals surface area contributed by atoms with E-state index < -0.39 is 9.84 Å². The van der Waals surface area contributed by atoms with E-state index in [0.29, 0.717) is 24.6 Å². The third-order valence-corrected chi connectivity index (χ3v) is 7.86. The summed E-state index contributed by atoms with van der Waals surface area (Å²) in [6.07, 6.45) is 4.66. The van der Waals surface area contributed by atoms with E-state index in [9.17, 15) is 13.2 Å². The highest BCUT2D eigenvalue weighted by molar-refractivity contribution is 7.91. The Morgan fingerprint density at radius 1 is 1.19 bits per heavy atom. The number of hydrogen-bond donors (Lipinski definition) is 1. The lowest BCUT2D eigenvalue weighted by molar-refractivity contribution is -0.122. The minimum atomic E-state index is -3.13. The summed E-state index contributed by atoms with van der Waals surface area (Å²) in [7, 11) is -1.52. The monoisotopic (exact) mass is 462 g/mol. The summed E-state index contributed by atoms with van der Waals surface area (Å²) in [4.78, 5) is 19.1. The summed E-state index contributed by atoms with van der Waals surface area (Å²) in [6.45, 7) is 1.81. The Kier molecular flexibility index (Phi) is 7.10. The molecule has 1 amide bonds. The predicted octanol–water partition coefficient (Wildman–Crippen LogP) is 1.84. The molecule has 2 aromatic rings. The Morgan fingerprint density at radius 3 is 2.66 bits per heavy atom. The number of nitrogens with one attached hydrogen (secondary N) is 1. The summed E-state index contributed by atoms with van der Waals surface area (Å²) >= 11 is 0. The number of piperidine rings is 1. The molecule has 32 heavy (non-hydrogen) atoms. The second kappa shape index (κ2) is 9.99. The second-order valence-electron chi connectivity index (χ2n) is 8.51. The Labute approximate surface area is 188 Å². The highest BCUT2D eigenvalue weighted by Gasteiger charge is 2.41. The number of nitrogens with zero attached hydrogens (tertiary/aromatic N) is 3. The fourth-order valence-electron chi connectivity index (χ4n) is 4.47. The Hall–Kier alpha value is -2.46. The van der Waals surface area contributed by atoms with Crippen molar-refractivity contribution in [2.24, 2.45) is 0 Å². The summed E-state index contributed by atoms with van der Waals surface area (Å²) in [6, 6.07) is 6.92. The van der Waals surface area contributed by atoms with E-state index in [0.717, 1.165) is 37.2 Å². The number of likely N-dealkylation sites (tertiary alicyclic amines) is 1. The molecule has 0 bridgehead atoms. The van der Waals surface area contributed by atoms with Crippen LogP contribution in [0.3, 0.4) is 0 Å². The van der Waals surface area contributed by atoms with E-state index >= 15 is 0 Å². The van der Waals surface area contributed by atoms with Crippen LogP contribution in [0.1, 0.15) is 38.0 Å². The van der Waals surface area contributed by atoms with Crippen molar-refractivity contribution in [3.05, 3.63) is 30.2 Å². The van der Waals surface area contributed by atoms with Gasteiger partial charge in [0, 0.05) is 24.4 Å². The van der Waals surface area contributed by atoms with Crippen LogP contribution in [0.5, 0.6) is 5.75 Å². The lowest BCUT2D eigenvalue weighted by Gasteiger charge is -2.35. The molecule has 1 N–H and O–H groups in total. The molecule has 2 fully saturated rings. The van der Waals surface area contributed by atoms with E-state index in [1.807, 2.05) is 24.3 Å². The van der Waals surface area contributed by atoms with Crippen molar-refractivity contribution < 1.29 is 22.5 Å². The van der Waals surface area contributed by atoms with Crippen molar-refractivity contribution in [3.8, 4) is 17.1 Å². The Morgan fingerprint density at radius 2 is 1.94 bits per heavy atom. The van der Waals surface area contributed by atoms with Crippen molar-refractivity contribution >= 4 is 15.7 Å². The first-order valence-corrected chi connectivity index (χ1v) is 13.0. The molecule has 4 rings (SSSR count). The molecule has 0 spiro atoms. The molecule has 3 heterocycles. The largest absolute Gasteiger partial charge is 0.497 e. The average Bonchev–Trinajstić information content (AvgIpc) is 3.38. The number of ether oxygens (including phenoxy) is 1. The van der Waals surface area contributed by atoms with E-state index in [2.05, 4.69) is 20.4 Å². The fraction of sp³-hybridized carbons (Fsp3) is 0.591. The van der Waals surface area contributed by atoms with Gasteiger partial charge in [0.2, 0.25) is 17.6 Å². The van der Waals surface area contributed by atoms with E-state index in [4.69, 9.17) is 9.26 Å². The molecule has 2 aliphatic heterocycles. The van der Waals surface area contributed by atoms with Gasteiger partial charge in [0.25, 0.3) is 0 Å². The van der Waals surface area contributed by atoms with Crippen LogP contribution >= 0.6 is 0 Å². The van der Waals surface area contributed by atoms with Gasteiger partial charge in [0.15, 0.2) is 9.84 Å². The topological polar surface area (TPSA) is 115 Å². The van der Waals surface area contributed by atoms with Gasteiger partial charge in [0.05, 0.1) is 24.7 Å². The summed E-state index contributed by atoms with van der Waals surface area (Å²) in [5.41, 5.74) is 0.824. The number of amides is 1. The number of rotatable bonds is 8. The molecule has 0 unspecified atom stereocenters. The first-order valence-electron chi connectivity index (χ1n) is 11.1. The molecule has 10 heteroatoms. The molecule has 0 saturated carbocycles. The maximum atomic E-state index is 12.5. The van der Waals surface area contributed by atoms with Crippen molar-refractivity contribution in [3.63, 3.8) is 0 Å². The molecule has 2 saturated heterocycles. The number of carbonyl (C=O) groups is 1. The molecular weight excluding hydrogens is 432 g/mol. The number of carbonyl (C=O) groups excluding carboxylic acids is 1. The van der Waals surface area contributed by atoms with Gasteiger partial charge in [-0.2, -0.15) is 4.98 Å². The third kappa shape index (κ3) is 5.66. The zero-order valence-corrected chi connectivity index (χ0v) is 19.1. The highest BCUT2D eigenvalue weighted by Crippen LogP contribution is 2.23. The number of sulfone groups is 1. The van der Waals surface area contributed by atoms with Gasteiger partial charge >= 0.3 is 0 Å². The SMILES string of the molecule is COc1ccc(-c2noc(CCCC(=O)N[C@@H]3CS(=O)(=O)C[C@@H]3N3CCCCC3)n2)cc1. The van der Waals surface area contributed by atoms with E-state index in [-0.39, 0.29) is 35.9 Å². The van der Waals surface area contributed by atoms with Gasteiger partial charge < -0.3 is 14.6 Å². The van der Waals surface area contributed by atoms with Gasteiger partial charge in [0.1, 0.15) is 5.75 Å². The van der Waals surface area contributed by atoms with Gasteiger partial charge in [-0.25, -0.2) is 8.42 Å². The predicted molar refractivity (Wildman–Crippen MR) is 119 cm³/mol. The summed E-state index contributed by atoms with van der Waals surface area (Å²) in [5.74, 6) is 1.74. The maximum absolute atomic E-state index is 12.5. The van der Waals surface area contributed by atoms with Crippen LogP contribution in [0.15, 0.2) is 28.8 Å². The molecule has 2 aliphatic rings. The van der Waals surface area contributed by atoms with Crippen LogP contribution in [-0.4, -0.2) is 73.2 Å². The van der Waals surface area contributed by atoms with Gasteiger partial charge in [-0.1, -0.05) is 11.6 Å². The van der Waals surface area contributed by atoms with Crippen LogP contribution in [0.25, 0.3) is 11.4 Å². The van der Waals surface area contributed by atoms with Gasteiger partial charge in [-0.15, -0.1) is 0 Å². The molecule has 2 atom stereocenters. The van der Waals surface area contributed by atoms with Crippen LogP contribution in [0, 0.1) is 0 Å². The van der Waals surface area contributed by atoms with Crippen LogP contribution < -0.4 is 10.1 Å². The molecule has 0 aliphatic carbocycles. The minimum absolute atomic E-state index is 0.0226. The zero-order chi connectivity index (χ0) is 22.6. The zero-order valence-electron chi connectivity index (χ0n) is 18.3. The van der Waals surface area contributed by atoms with Crippen molar-refractivity contribution in [1.82, 2.24) is 20.4 Å². The molecule has 9 nitrogen and oxygen atoms in total. The summed E-state index contributed by atoms with van der Waals surface area (Å²) in [5, 5.41) is 6.97. The van der Waals surface area contributed by atoms with Crippen LogP contribution in [0.4, 0.5) is 0 Å². The maximum Gasteiger partial charge on any atom is 0.226 e. The van der Waals surface area contributed by atoms with Crippen molar-refractivity contribution in [1.29, 1.82) is 0 Å². The van der Waals surface area contributed by atoms with Gasteiger partial charge in [-0.3, -0.25) is 9.69 Å². The number of methoxy groups -OCH3 is 1. The van der Waals surface area contributed by atoms with E-state index in [1.54, 1.807) is 7.11 Å². The number of hydrogen-bond acceptors (Lipinski definition) is 8. The Bertz CT molecular complexity index is 1020. The number of aryl methyl sites for hydroxylation is 1. The smallest absolute Gasteiger partial charge is 0.226 e. The third-order valence-electron chi connectivity index (χ3n) is 6.14. The molecule has 0 radical (unpaired) electrons. The average molecular weight is 463 g/mol. The van der Waals surface area contributed by atoms with Crippen LogP contribution in [0.2, 0.25) is 0 Å². The van der Waals surface area contributed by atoms with Gasteiger partial charge in [-0.05, 0) is 56.6 Å². The molecule has 1 aromatic carbocycles. The highest BCUT2D eigenvalue weighted by atomic mass is 32.2. The summed E-state index contributed by atoms with van der Waals surface area (Å²) < 4.78 is 34.9. The van der Waals surface area contributed by atoms with E-state index in [1.165, 1.54) is 6.42 Å². The number of benzene rings is 1. The second-order valence-corrected chi connectivity index (χ2v) is 10.7. The molecule has 174 valence electrons. The van der Waals surface area contributed by atoms with Crippen molar-refractivity contribution in [2.45, 2.75) is 50.6 Å². The lowest BCUT2D eigenvalue weighted by atomic mass is 10.0. The minimum Gasteiger partial charge on any atom is -0.497 e. The van der Waals surface area contributed by atoms with Crippen molar-refractivity contribution in [2.75, 3.05) is 31.7 Å². The quantitative estimate of drug-likeness (QED) is 0.632. The normalized spacial score (nSPS) is 23.2. The standard InChI is InChI=1S/C22H30N4O5S/c1-30-17-10-8-16(9-11-17)22-24-21(31-25-22)7-5-6-20(27)23-18-14-32(28,29)15-19(18)26-12-3-2-4-13-26/h8-11,18-19H,2-7,12-15H2,1H3,(H,23,27)/t18-,19+/m1/s1. The van der Waals surface area contributed by atoms with Crippen LogP contribution in [-0.2, 0) is 21.1 Å². The number of aromatic nitrogens is 2. The first-order chi connectivity index (χ1) is 15.4. The first kappa shape index (κ1) is 22.7.